The number of nitrogens with zero attached hydrogens (tertiary/aromatic N) is 4. The number of hydrogen-bond donors (Lipinski definition) is 1. The lowest BCUT2D eigenvalue weighted by atomic mass is 10.1. The highest BCUT2D eigenvalue weighted by molar-refractivity contribution is 6.07. The Morgan fingerprint density at radius 1 is 1.03 bits per heavy atom. The molecule has 3 heterocycles. The first-order chi connectivity index (χ1) is 16.8. The molecule has 0 spiro atoms. The molecule has 35 heavy (non-hydrogen) atoms. The second kappa shape index (κ2) is 8.61. The Bertz CT molecular complexity index is 1550. The van der Waals surface area contributed by atoms with Crippen LogP contribution < -0.4 is 15.2 Å². The lowest BCUT2D eigenvalue weighted by Gasteiger charge is -2.37. The summed E-state index contributed by atoms with van der Waals surface area (Å²) in [6.45, 7) is 4.02. The third-order valence-corrected chi connectivity index (χ3v) is 6.46. The first-order valence-corrected chi connectivity index (χ1v) is 11.1. The molecule has 0 saturated carbocycles. The van der Waals surface area contributed by atoms with Crippen LogP contribution in [0.1, 0.15) is 17.3 Å². The molecule has 5 rings (SSSR count). The summed E-state index contributed by atoms with van der Waals surface area (Å²) in [6, 6.07) is 6.89. The fourth-order valence-corrected chi connectivity index (χ4v) is 4.63. The predicted molar refractivity (Wildman–Crippen MR) is 127 cm³/mol. The summed E-state index contributed by atoms with van der Waals surface area (Å²) >= 11 is 0. The molecule has 0 bridgehead atoms. The summed E-state index contributed by atoms with van der Waals surface area (Å²) in [6.07, 6.45) is 2.67. The van der Waals surface area contributed by atoms with Gasteiger partial charge >= 0.3 is 5.97 Å². The number of aryl methyl sites for hydroxylation is 1. The number of anilines is 2. The second-order valence-corrected chi connectivity index (χ2v) is 8.35. The number of carboxylic acids is 1. The topological polar surface area (TPSA) is 78.7 Å². The zero-order valence-electron chi connectivity index (χ0n) is 18.8. The van der Waals surface area contributed by atoms with Crippen LogP contribution in [0.3, 0.4) is 0 Å². The average molecular weight is 482 g/mol. The number of rotatable bonds is 4. The molecule has 1 aliphatic rings. The van der Waals surface area contributed by atoms with E-state index in [1.165, 1.54) is 18.5 Å². The van der Waals surface area contributed by atoms with Crippen molar-refractivity contribution >= 4 is 39.1 Å². The van der Waals surface area contributed by atoms with Gasteiger partial charge in [-0.15, -0.1) is 0 Å². The van der Waals surface area contributed by atoms with Crippen molar-refractivity contribution < 1.29 is 23.1 Å². The highest BCUT2D eigenvalue weighted by Gasteiger charge is 2.24. The lowest BCUT2D eigenvalue weighted by molar-refractivity contribution is 0.0695. The minimum Gasteiger partial charge on any atom is -0.477 e. The first-order valence-electron chi connectivity index (χ1n) is 11.1. The van der Waals surface area contributed by atoms with Gasteiger partial charge in [0.2, 0.25) is 5.43 Å². The SMILES string of the molecule is CCn1cc(C(=O)O)c(=O)c2c3ccc(N4CCN(c5ccc(F)c(F)c5)CC4)c(F)c3ncc21. The van der Waals surface area contributed by atoms with Crippen molar-refractivity contribution in [2.24, 2.45) is 0 Å². The molecule has 10 heteroatoms. The third-order valence-electron chi connectivity index (χ3n) is 6.46. The number of piperazine rings is 1. The molecule has 4 aromatic rings. The number of carbonyl (C=O) groups is 1. The number of hydrogen-bond acceptors (Lipinski definition) is 5. The molecule has 2 aromatic heterocycles. The largest absolute Gasteiger partial charge is 0.477 e. The molecule has 0 radical (unpaired) electrons. The fraction of sp³-hybridized carbons (Fsp3) is 0.240. The highest BCUT2D eigenvalue weighted by atomic mass is 19.2. The Morgan fingerprint density at radius 3 is 2.40 bits per heavy atom. The van der Waals surface area contributed by atoms with Crippen LogP contribution >= 0.6 is 0 Å². The van der Waals surface area contributed by atoms with Gasteiger partial charge in [-0.05, 0) is 31.2 Å². The maximum atomic E-state index is 15.6. The molecule has 0 aliphatic carbocycles. The van der Waals surface area contributed by atoms with Gasteiger partial charge in [-0.3, -0.25) is 9.78 Å². The second-order valence-electron chi connectivity index (χ2n) is 8.35. The molecule has 2 aromatic carbocycles. The summed E-state index contributed by atoms with van der Waals surface area (Å²) in [5.41, 5.74) is 0.209. The van der Waals surface area contributed by atoms with Crippen molar-refractivity contribution in [2.45, 2.75) is 13.5 Å². The zero-order chi connectivity index (χ0) is 24.9. The van der Waals surface area contributed by atoms with Crippen molar-refractivity contribution in [3.05, 3.63) is 76.0 Å². The van der Waals surface area contributed by atoms with Crippen LogP contribution in [-0.2, 0) is 6.54 Å². The Balaban J connectivity index is 1.52. The Morgan fingerprint density at radius 2 is 1.74 bits per heavy atom. The molecular formula is C25H21F3N4O3. The number of benzene rings is 2. The van der Waals surface area contributed by atoms with E-state index in [1.54, 1.807) is 16.7 Å². The number of carboxylic acid groups (broad SMARTS) is 1. The lowest BCUT2D eigenvalue weighted by Crippen LogP contribution is -2.46. The highest BCUT2D eigenvalue weighted by Crippen LogP contribution is 2.31. The molecule has 0 unspecified atom stereocenters. The van der Waals surface area contributed by atoms with E-state index in [4.69, 9.17) is 0 Å². The van der Waals surface area contributed by atoms with Crippen molar-refractivity contribution in [2.75, 3.05) is 36.0 Å². The van der Waals surface area contributed by atoms with Crippen LogP contribution in [0.2, 0.25) is 0 Å². The van der Waals surface area contributed by atoms with Gasteiger partial charge in [-0.2, -0.15) is 0 Å². The van der Waals surface area contributed by atoms with Gasteiger partial charge in [0.15, 0.2) is 17.5 Å². The predicted octanol–water partition coefficient (Wildman–Crippen LogP) is 4.01. The molecule has 1 aliphatic heterocycles. The van der Waals surface area contributed by atoms with Crippen molar-refractivity contribution in [3.63, 3.8) is 0 Å². The maximum absolute atomic E-state index is 15.6. The van der Waals surface area contributed by atoms with E-state index in [-0.39, 0.29) is 21.9 Å². The maximum Gasteiger partial charge on any atom is 0.341 e. The first kappa shape index (κ1) is 22.7. The summed E-state index contributed by atoms with van der Waals surface area (Å²) in [7, 11) is 0. The van der Waals surface area contributed by atoms with Crippen LogP contribution in [0.25, 0.3) is 21.8 Å². The van der Waals surface area contributed by atoms with Gasteiger partial charge in [0, 0.05) is 56.1 Å². The van der Waals surface area contributed by atoms with Crippen molar-refractivity contribution in [1.82, 2.24) is 9.55 Å². The number of aromatic carboxylic acids is 1. The van der Waals surface area contributed by atoms with E-state index in [0.29, 0.717) is 49.6 Å². The summed E-state index contributed by atoms with van der Waals surface area (Å²) in [5.74, 6) is -3.78. The van der Waals surface area contributed by atoms with Gasteiger partial charge < -0.3 is 19.5 Å². The van der Waals surface area contributed by atoms with Gasteiger partial charge in [-0.25, -0.2) is 18.0 Å². The summed E-state index contributed by atoms with van der Waals surface area (Å²) in [4.78, 5) is 32.6. The molecule has 7 nitrogen and oxygen atoms in total. The van der Waals surface area contributed by atoms with Crippen molar-refractivity contribution in [1.29, 1.82) is 0 Å². The molecule has 0 amide bonds. The number of aromatic nitrogens is 2. The Kier molecular flexibility index (Phi) is 5.58. The summed E-state index contributed by atoms with van der Waals surface area (Å²) in [5, 5.41) is 9.83. The minimum atomic E-state index is -1.35. The van der Waals surface area contributed by atoms with E-state index in [1.807, 2.05) is 16.7 Å². The zero-order valence-corrected chi connectivity index (χ0v) is 18.8. The molecule has 1 fully saturated rings. The fourth-order valence-electron chi connectivity index (χ4n) is 4.63. The Labute approximate surface area is 197 Å². The average Bonchev–Trinajstić information content (AvgIpc) is 2.86. The van der Waals surface area contributed by atoms with Gasteiger partial charge in [0.05, 0.1) is 22.8 Å². The molecule has 0 atom stereocenters. The van der Waals surface area contributed by atoms with Crippen LogP contribution in [0, 0.1) is 17.5 Å². The van der Waals surface area contributed by atoms with Gasteiger partial charge in [-0.1, -0.05) is 0 Å². The number of fused-ring (bicyclic) bond motifs is 3. The standard InChI is InChI=1S/C25H21F3N4O3/c1-2-30-13-16(25(34)35)24(33)21-15-4-6-19(22(28)23(15)29-12-20(21)30)32-9-7-31(8-10-32)14-3-5-17(26)18(27)11-14/h3-6,11-13H,2,7-10H2,1H3,(H,34,35). The number of pyridine rings is 2. The summed E-state index contributed by atoms with van der Waals surface area (Å²) < 4.78 is 44.1. The van der Waals surface area contributed by atoms with Crippen LogP contribution in [0.5, 0.6) is 0 Å². The van der Waals surface area contributed by atoms with Gasteiger partial charge in [0.25, 0.3) is 0 Å². The van der Waals surface area contributed by atoms with E-state index in [9.17, 15) is 23.5 Å². The smallest absolute Gasteiger partial charge is 0.341 e. The van der Waals surface area contributed by atoms with Crippen LogP contribution in [-0.4, -0.2) is 46.8 Å². The molecular weight excluding hydrogens is 461 g/mol. The van der Waals surface area contributed by atoms with E-state index < -0.39 is 28.8 Å². The number of halogens is 3. The monoisotopic (exact) mass is 482 g/mol. The molecule has 1 saturated heterocycles. The molecule has 1 N–H and O–H groups in total. The Hall–Kier alpha value is -4.08. The van der Waals surface area contributed by atoms with Crippen LogP contribution in [0.15, 0.2) is 47.5 Å². The molecule has 180 valence electrons. The van der Waals surface area contributed by atoms with Gasteiger partial charge in [0.1, 0.15) is 11.1 Å². The minimum absolute atomic E-state index is 0.0136. The quantitative estimate of drug-likeness (QED) is 0.443. The van der Waals surface area contributed by atoms with E-state index >= 15 is 4.39 Å². The van der Waals surface area contributed by atoms with Crippen LogP contribution in [0.4, 0.5) is 24.5 Å². The van der Waals surface area contributed by atoms with E-state index in [2.05, 4.69) is 4.98 Å². The normalized spacial score (nSPS) is 14.2. The third kappa shape index (κ3) is 3.74. The van der Waals surface area contributed by atoms with Crippen molar-refractivity contribution in [3.8, 4) is 0 Å². The van der Waals surface area contributed by atoms with E-state index in [0.717, 1.165) is 12.1 Å².